The quantitative estimate of drug-likeness (QED) is 0.735. The molecule has 2 aromatic carbocycles. The Kier molecular flexibility index (Phi) is 6.49. The van der Waals surface area contributed by atoms with E-state index in [-0.39, 0.29) is 17.7 Å². The molecule has 2 atom stereocenters. The Labute approximate surface area is 160 Å². The van der Waals surface area contributed by atoms with E-state index in [2.05, 4.69) is 30.4 Å². The van der Waals surface area contributed by atoms with E-state index >= 15 is 0 Å². The molecule has 144 valence electrons. The van der Waals surface area contributed by atoms with E-state index in [4.69, 9.17) is 4.74 Å². The molecule has 1 amide bonds. The summed E-state index contributed by atoms with van der Waals surface area (Å²) in [5.41, 5.74) is 3.97. The van der Waals surface area contributed by atoms with Crippen LogP contribution in [0.1, 0.15) is 62.3 Å². The molecule has 1 aliphatic carbocycles. The van der Waals surface area contributed by atoms with Crippen LogP contribution in [0.2, 0.25) is 0 Å². The molecule has 0 fully saturated rings. The van der Waals surface area contributed by atoms with Crippen LogP contribution >= 0.6 is 0 Å². The van der Waals surface area contributed by atoms with E-state index in [9.17, 15) is 9.18 Å². The van der Waals surface area contributed by atoms with Gasteiger partial charge in [-0.2, -0.15) is 0 Å². The first-order chi connectivity index (χ1) is 13.1. The summed E-state index contributed by atoms with van der Waals surface area (Å²) in [7, 11) is 0. The number of benzene rings is 2. The molecule has 0 saturated heterocycles. The molecule has 1 N–H and O–H groups in total. The minimum Gasteiger partial charge on any atom is -0.478 e. The summed E-state index contributed by atoms with van der Waals surface area (Å²) in [5.74, 6) is -0.544. The van der Waals surface area contributed by atoms with Crippen LogP contribution in [0.4, 0.5) is 4.39 Å². The van der Waals surface area contributed by atoms with Crippen LogP contribution in [0.25, 0.3) is 0 Å². The second-order valence-corrected chi connectivity index (χ2v) is 7.15. The minimum absolute atomic E-state index is 0.0667. The van der Waals surface area contributed by atoms with Gasteiger partial charge in [-0.1, -0.05) is 44.2 Å². The Morgan fingerprint density at radius 1 is 1.07 bits per heavy atom. The number of amides is 1. The molecule has 0 aromatic heterocycles. The van der Waals surface area contributed by atoms with Gasteiger partial charge in [-0.05, 0) is 67.3 Å². The Bertz CT molecular complexity index is 790. The lowest BCUT2D eigenvalue weighted by atomic mass is 9.88. The highest BCUT2D eigenvalue weighted by molar-refractivity contribution is 5.81. The van der Waals surface area contributed by atoms with Crippen molar-refractivity contribution >= 4 is 5.91 Å². The van der Waals surface area contributed by atoms with Gasteiger partial charge < -0.3 is 10.1 Å². The molecule has 0 saturated carbocycles. The van der Waals surface area contributed by atoms with Crippen LogP contribution in [0.5, 0.6) is 5.75 Å². The van der Waals surface area contributed by atoms with Gasteiger partial charge in [-0.3, -0.25) is 4.79 Å². The third kappa shape index (κ3) is 4.68. The summed E-state index contributed by atoms with van der Waals surface area (Å²) in [4.78, 5) is 12.8. The molecule has 0 heterocycles. The average molecular weight is 369 g/mol. The zero-order valence-corrected chi connectivity index (χ0v) is 16.1. The normalized spacial score (nSPS) is 15.5. The van der Waals surface area contributed by atoms with E-state index in [1.165, 1.54) is 30.0 Å². The Hall–Kier alpha value is -2.36. The summed E-state index contributed by atoms with van der Waals surface area (Å²) < 4.78 is 19.5. The predicted octanol–water partition coefficient (Wildman–Crippen LogP) is 5.13. The summed E-state index contributed by atoms with van der Waals surface area (Å²) >= 11 is 0. The number of nitrogens with one attached hydrogen (secondary N) is 1. The summed E-state index contributed by atoms with van der Waals surface area (Å²) in [6.45, 7) is 3.92. The number of hydrogen-bond acceptors (Lipinski definition) is 2. The van der Waals surface area contributed by atoms with Crippen molar-refractivity contribution in [2.75, 3.05) is 0 Å². The van der Waals surface area contributed by atoms with Crippen molar-refractivity contribution in [2.45, 2.75) is 64.5 Å². The van der Waals surface area contributed by atoms with Gasteiger partial charge in [0.25, 0.3) is 5.91 Å². The molecule has 0 spiro atoms. The number of ether oxygens (including phenoxy) is 1. The Morgan fingerprint density at radius 2 is 1.81 bits per heavy atom. The van der Waals surface area contributed by atoms with Crippen LogP contribution < -0.4 is 10.1 Å². The second-order valence-electron chi connectivity index (χ2n) is 7.15. The first-order valence-corrected chi connectivity index (χ1v) is 9.95. The molecule has 1 aliphatic rings. The standard InChI is InChI=1S/C23H28FNO2/c1-3-20(18-14-13-16-9-5-6-10-17(16)15-18)25-23(26)21(4-2)27-22-12-8-7-11-19(22)24/h7-8,11-15,20-21H,3-6,9-10H2,1-2H3,(H,25,26)/t20-,21-/m0/s1. The van der Waals surface area contributed by atoms with Gasteiger partial charge in [-0.25, -0.2) is 4.39 Å². The second kappa shape index (κ2) is 9.03. The largest absolute Gasteiger partial charge is 0.478 e. The van der Waals surface area contributed by atoms with Gasteiger partial charge in [0.15, 0.2) is 17.7 Å². The van der Waals surface area contributed by atoms with Crippen molar-refractivity contribution in [3.63, 3.8) is 0 Å². The molecule has 0 bridgehead atoms. The Morgan fingerprint density at radius 3 is 2.52 bits per heavy atom. The van der Waals surface area contributed by atoms with Gasteiger partial charge in [0.05, 0.1) is 6.04 Å². The van der Waals surface area contributed by atoms with E-state index in [0.29, 0.717) is 6.42 Å². The molecule has 4 heteroatoms. The lowest BCUT2D eigenvalue weighted by molar-refractivity contribution is -0.129. The van der Waals surface area contributed by atoms with E-state index in [1.807, 2.05) is 6.92 Å². The zero-order chi connectivity index (χ0) is 19.2. The van der Waals surface area contributed by atoms with E-state index in [1.54, 1.807) is 18.2 Å². The molecular formula is C23H28FNO2. The van der Waals surface area contributed by atoms with Crippen LogP contribution in [0.15, 0.2) is 42.5 Å². The highest BCUT2D eigenvalue weighted by Crippen LogP contribution is 2.26. The number of halogens is 1. The van der Waals surface area contributed by atoms with Gasteiger partial charge in [0.1, 0.15) is 0 Å². The monoisotopic (exact) mass is 369 g/mol. The maximum absolute atomic E-state index is 13.8. The van der Waals surface area contributed by atoms with E-state index < -0.39 is 11.9 Å². The van der Waals surface area contributed by atoms with Crippen LogP contribution in [-0.4, -0.2) is 12.0 Å². The number of fused-ring (bicyclic) bond motifs is 1. The fourth-order valence-electron chi connectivity index (χ4n) is 3.67. The maximum atomic E-state index is 13.8. The molecule has 3 nitrogen and oxygen atoms in total. The van der Waals surface area contributed by atoms with Crippen molar-refractivity contribution in [1.82, 2.24) is 5.32 Å². The lowest BCUT2D eigenvalue weighted by Gasteiger charge is -2.24. The topological polar surface area (TPSA) is 38.3 Å². The van der Waals surface area contributed by atoms with Gasteiger partial charge in [0, 0.05) is 0 Å². The number of hydrogen-bond donors (Lipinski definition) is 1. The van der Waals surface area contributed by atoms with E-state index in [0.717, 1.165) is 24.8 Å². The Balaban J connectivity index is 1.71. The molecule has 3 rings (SSSR count). The number of carbonyl (C=O) groups excluding carboxylic acids is 1. The third-order valence-electron chi connectivity index (χ3n) is 5.27. The van der Waals surface area contributed by atoms with Crippen LogP contribution in [0, 0.1) is 5.82 Å². The summed E-state index contributed by atoms with van der Waals surface area (Å²) in [6.07, 6.45) is 5.30. The molecular weight excluding hydrogens is 341 g/mol. The number of carbonyl (C=O) groups is 1. The van der Waals surface area contributed by atoms with Crippen molar-refractivity contribution in [3.8, 4) is 5.75 Å². The highest BCUT2D eigenvalue weighted by atomic mass is 19.1. The predicted molar refractivity (Wildman–Crippen MR) is 105 cm³/mol. The first kappa shape index (κ1) is 19.4. The van der Waals surface area contributed by atoms with Gasteiger partial charge in [0.2, 0.25) is 0 Å². The molecule has 0 radical (unpaired) electrons. The maximum Gasteiger partial charge on any atom is 0.261 e. The number of rotatable bonds is 7. The summed E-state index contributed by atoms with van der Waals surface area (Å²) in [6, 6.07) is 12.7. The third-order valence-corrected chi connectivity index (χ3v) is 5.27. The zero-order valence-electron chi connectivity index (χ0n) is 16.1. The average Bonchev–Trinajstić information content (AvgIpc) is 2.70. The molecule has 0 unspecified atom stereocenters. The van der Waals surface area contributed by atoms with Crippen molar-refractivity contribution in [2.24, 2.45) is 0 Å². The van der Waals surface area contributed by atoms with Crippen LogP contribution in [0.3, 0.4) is 0 Å². The summed E-state index contributed by atoms with van der Waals surface area (Å²) in [5, 5.41) is 3.09. The first-order valence-electron chi connectivity index (χ1n) is 9.95. The number of aryl methyl sites for hydroxylation is 2. The lowest BCUT2D eigenvalue weighted by Crippen LogP contribution is -2.40. The van der Waals surface area contributed by atoms with Crippen molar-refractivity contribution in [3.05, 3.63) is 65.0 Å². The van der Waals surface area contributed by atoms with Crippen LogP contribution in [-0.2, 0) is 17.6 Å². The van der Waals surface area contributed by atoms with Crippen molar-refractivity contribution in [1.29, 1.82) is 0 Å². The molecule has 2 aromatic rings. The van der Waals surface area contributed by atoms with Gasteiger partial charge in [-0.15, -0.1) is 0 Å². The fraction of sp³-hybridized carbons (Fsp3) is 0.435. The van der Waals surface area contributed by atoms with Gasteiger partial charge >= 0.3 is 0 Å². The smallest absolute Gasteiger partial charge is 0.261 e. The fourth-order valence-corrected chi connectivity index (χ4v) is 3.67. The highest BCUT2D eigenvalue weighted by Gasteiger charge is 2.23. The number of para-hydroxylation sites is 1. The molecule has 27 heavy (non-hydrogen) atoms. The SMILES string of the molecule is CC[C@H](Oc1ccccc1F)C(=O)N[C@@H](CC)c1ccc2c(c1)CCCC2. The molecule has 0 aliphatic heterocycles. The minimum atomic E-state index is -0.714. The van der Waals surface area contributed by atoms with Crippen molar-refractivity contribution < 1.29 is 13.9 Å².